The fraction of sp³-hybridized carbons (Fsp3) is 0.603. The third-order valence-corrected chi connectivity index (χ3v) is 11.1. The number of hydrogen-bond acceptors (Lipinski definition) is 6. The predicted octanol–water partition coefficient (Wildman–Crippen LogP) is 18.6. The van der Waals surface area contributed by atoms with Crippen LogP contribution in [0.1, 0.15) is 226 Å². The largest absolute Gasteiger partial charge is 0.462 e. The summed E-state index contributed by atoms with van der Waals surface area (Å²) in [7, 11) is 0. The molecule has 0 aromatic heterocycles. The van der Waals surface area contributed by atoms with Gasteiger partial charge in [0.05, 0.1) is 0 Å². The van der Waals surface area contributed by atoms with Crippen molar-refractivity contribution in [3.8, 4) is 0 Å². The predicted molar refractivity (Wildman–Crippen MR) is 297 cm³/mol. The summed E-state index contributed by atoms with van der Waals surface area (Å²) in [4.78, 5) is 38.1. The highest BCUT2D eigenvalue weighted by atomic mass is 16.6. The Balaban J connectivity index is 4.53. The van der Waals surface area contributed by atoms with Crippen LogP contribution in [-0.2, 0) is 28.6 Å². The Morgan fingerprint density at radius 3 is 0.870 bits per heavy atom. The molecule has 0 aliphatic heterocycles. The lowest BCUT2D eigenvalue weighted by molar-refractivity contribution is -0.167. The first kappa shape index (κ1) is 64.5. The van der Waals surface area contributed by atoms with Gasteiger partial charge in [-0.2, -0.15) is 0 Å². The van der Waals surface area contributed by atoms with Crippen molar-refractivity contribution < 1.29 is 28.6 Å². The van der Waals surface area contributed by atoms with Gasteiger partial charge >= 0.3 is 17.9 Å². The second kappa shape index (κ2) is 56.1. The van der Waals surface area contributed by atoms with E-state index in [1.54, 1.807) is 0 Å². The molecule has 0 aromatic rings. The number of rotatable bonds is 48. The maximum absolute atomic E-state index is 12.9. The van der Waals surface area contributed by atoms with E-state index in [-0.39, 0.29) is 37.5 Å². The van der Waals surface area contributed by atoms with E-state index in [1.165, 1.54) is 44.9 Å². The van der Waals surface area contributed by atoms with Gasteiger partial charge in [0.15, 0.2) is 6.10 Å². The Labute approximate surface area is 424 Å². The molecule has 0 bridgehead atoms. The van der Waals surface area contributed by atoms with E-state index in [1.807, 2.05) is 0 Å². The fourth-order valence-electron chi connectivity index (χ4n) is 7.09. The number of esters is 3. The Bertz CT molecular complexity index is 1510. The molecule has 0 rings (SSSR count). The van der Waals surface area contributed by atoms with Crippen LogP contribution in [0.15, 0.2) is 134 Å². The van der Waals surface area contributed by atoms with Crippen LogP contribution in [-0.4, -0.2) is 37.2 Å². The molecular weight excluding hydrogens is 853 g/mol. The smallest absolute Gasteiger partial charge is 0.306 e. The van der Waals surface area contributed by atoms with Gasteiger partial charge in [-0.05, 0) is 122 Å². The van der Waals surface area contributed by atoms with Crippen molar-refractivity contribution in [2.24, 2.45) is 0 Å². The van der Waals surface area contributed by atoms with E-state index in [0.29, 0.717) is 19.3 Å². The molecule has 0 aromatic carbocycles. The Morgan fingerprint density at radius 1 is 0.290 bits per heavy atom. The zero-order chi connectivity index (χ0) is 50.0. The summed E-state index contributed by atoms with van der Waals surface area (Å²) >= 11 is 0. The van der Waals surface area contributed by atoms with Gasteiger partial charge in [0.1, 0.15) is 13.2 Å². The highest BCUT2D eigenvalue weighted by Crippen LogP contribution is 2.14. The summed E-state index contributed by atoms with van der Waals surface area (Å²) in [5.41, 5.74) is 0. The fourth-order valence-corrected chi connectivity index (χ4v) is 7.09. The van der Waals surface area contributed by atoms with Crippen molar-refractivity contribution in [3.63, 3.8) is 0 Å². The van der Waals surface area contributed by atoms with Gasteiger partial charge in [0.2, 0.25) is 0 Å². The minimum atomic E-state index is -0.816. The third-order valence-electron chi connectivity index (χ3n) is 11.1. The summed E-state index contributed by atoms with van der Waals surface area (Å²) in [6, 6.07) is 0. The molecule has 0 saturated carbocycles. The molecule has 69 heavy (non-hydrogen) atoms. The second-order valence-corrected chi connectivity index (χ2v) is 17.7. The molecule has 6 heteroatoms. The van der Waals surface area contributed by atoms with E-state index in [2.05, 4.69) is 154 Å². The minimum Gasteiger partial charge on any atom is -0.462 e. The molecule has 388 valence electrons. The summed E-state index contributed by atoms with van der Waals surface area (Å²) in [5, 5.41) is 0. The molecule has 0 aliphatic rings. The van der Waals surface area contributed by atoms with E-state index >= 15 is 0 Å². The molecule has 0 amide bonds. The van der Waals surface area contributed by atoms with Gasteiger partial charge in [-0.25, -0.2) is 0 Å². The zero-order valence-electron chi connectivity index (χ0n) is 44.3. The first-order valence-corrected chi connectivity index (χ1v) is 27.7. The average molecular weight is 953 g/mol. The summed E-state index contributed by atoms with van der Waals surface area (Å²) in [6.45, 7) is 6.23. The number of ether oxygens (including phenoxy) is 3. The maximum atomic E-state index is 12.9. The molecule has 0 N–H and O–H groups in total. The van der Waals surface area contributed by atoms with Crippen molar-refractivity contribution in [1.29, 1.82) is 0 Å². The summed E-state index contributed by atoms with van der Waals surface area (Å²) in [6.07, 6.45) is 78.7. The SMILES string of the molecule is CC/C=C\C/C=C\C/C=C\C/C=C\C/C=C\CCCC(=O)OCC(COC(=O)CCCCCCCCC/C=C\C/C=C\C/C=C\CC)OC(=O)CCCCCCCCC/C=C\C/C=C\C/C=C\CC. The first-order chi connectivity index (χ1) is 34.0. The lowest BCUT2D eigenvalue weighted by atomic mass is 10.1. The van der Waals surface area contributed by atoms with Gasteiger partial charge in [-0.15, -0.1) is 0 Å². The van der Waals surface area contributed by atoms with Gasteiger partial charge in [-0.1, -0.05) is 219 Å². The molecule has 0 fully saturated rings. The number of unbranched alkanes of at least 4 members (excludes halogenated alkanes) is 15. The number of carbonyl (C=O) groups is 3. The number of allylic oxidation sites excluding steroid dienone is 22. The molecule has 1 atom stereocenters. The van der Waals surface area contributed by atoms with Crippen molar-refractivity contribution >= 4 is 17.9 Å². The minimum absolute atomic E-state index is 0.110. The van der Waals surface area contributed by atoms with Gasteiger partial charge in [-0.3, -0.25) is 14.4 Å². The number of carbonyl (C=O) groups excluding carboxylic acids is 3. The molecule has 0 radical (unpaired) electrons. The topological polar surface area (TPSA) is 78.9 Å². The van der Waals surface area contributed by atoms with E-state index in [0.717, 1.165) is 135 Å². The van der Waals surface area contributed by atoms with Gasteiger partial charge in [0.25, 0.3) is 0 Å². The zero-order valence-corrected chi connectivity index (χ0v) is 44.3. The lowest BCUT2D eigenvalue weighted by Crippen LogP contribution is -2.30. The van der Waals surface area contributed by atoms with Gasteiger partial charge in [0, 0.05) is 19.3 Å². The van der Waals surface area contributed by atoms with Gasteiger partial charge < -0.3 is 14.2 Å². The molecule has 0 heterocycles. The van der Waals surface area contributed by atoms with Crippen LogP contribution in [0.25, 0.3) is 0 Å². The monoisotopic (exact) mass is 953 g/mol. The number of hydrogen-bond donors (Lipinski definition) is 0. The Kier molecular flexibility index (Phi) is 52.5. The van der Waals surface area contributed by atoms with E-state index < -0.39 is 6.10 Å². The van der Waals surface area contributed by atoms with E-state index in [9.17, 15) is 14.4 Å². The molecule has 0 aliphatic carbocycles. The van der Waals surface area contributed by atoms with Crippen molar-refractivity contribution in [1.82, 2.24) is 0 Å². The van der Waals surface area contributed by atoms with Crippen molar-refractivity contribution in [3.05, 3.63) is 134 Å². The lowest BCUT2D eigenvalue weighted by Gasteiger charge is -2.18. The first-order valence-electron chi connectivity index (χ1n) is 27.7. The normalized spacial score (nSPS) is 13.1. The maximum Gasteiger partial charge on any atom is 0.306 e. The third kappa shape index (κ3) is 54.4. The van der Waals surface area contributed by atoms with Crippen molar-refractivity contribution in [2.75, 3.05) is 13.2 Å². The highest BCUT2D eigenvalue weighted by Gasteiger charge is 2.19. The second-order valence-electron chi connectivity index (χ2n) is 17.7. The highest BCUT2D eigenvalue weighted by molar-refractivity contribution is 5.71. The molecule has 0 spiro atoms. The average Bonchev–Trinajstić information content (AvgIpc) is 3.35. The standard InChI is InChI=1S/C63H100O6/c1-4-7-10-13-16-19-22-25-28-31-34-37-40-43-46-49-52-55-61(64)67-58-60(69-63(66)57-54-51-48-45-42-39-36-33-30-27-24-21-18-15-12-9-6-3)59-68-62(65)56-53-50-47-44-41-38-35-32-29-26-23-20-17-14-11-8-5-2/h7-12,16-21,25-30,34,37,43,46,60H,4-6,13-15,22-24,31-33,35-36,38-42,44-45,47-59H2,1-3H3/b10-7-,11-8-,12-9-,19-16-,20-17-,21-18-,28-25-,29-26-,30-27-,37-34-,46-43-. The van der Waals surface area contributed by atoms with Crippen molar-refractivity contribution in [2.45, 2.75) is 232 Å². The van der Waals surface area contributed by atoms with Crippen LogP contribution in [0.2, 0.25) is 0 Å². The quantitative estimate of drug-likeness (QED) is 0.0262. The van der Waals surface area contributed by atoms with Crippen LogP contribution in [0.3, 0.4) is 0 Å². The van der Waals surface area contributed by atoms with Crippen LogP contribution in [0, 0.1) is 0 Å². The molecule has 6 nitrogen and oxygen atoms in total. The van der Waals surface area contributed by atoms with E-state index in [4.69, 9.17) is 14.2 Å². The molecule has 0 saturated heterocycles. The van der Waals surface area contributed by atoms with Crippen LogP contribution in [0.5, 0.6) is 0 Å². The van der Waals surface area contributed by atoms with Crippen LogP contribution >= 0.6 is 0 Å². The molecular formula is C63H100O6. The van der Waals surface area contributed by atoms with Crippen LogP contribution < -0.4 is 0 Å². The molecule has 1 unspecified atom stereocenters. The van der Waals surface area contributed by atoms with Crippen LogP contribution in [0.4, 0.5) is 0 Å². The summed E-state index contributed by atoms with van der Waals surface area (Å²) < 4.78 is 16.8. The summed E-state index contributed by atoms with van der Waals surface area (Å²) in [5.74, 6) is -0.995. The Hall–Kier alpha value is -4.45. The Morgan fingerprint density at radius 2 is 0.536 bits per heavy atom.